The van der Waals surface area contributed by atoms with Crippen molar-refractivity contribution in [2.45, 2.75) is 4.75 Å². The molecule has 3 rings (SSSR count). The highest BCUT2D eigenvalue weighted by atomic mass is 35.5. The van der Waals surface area contributed by atoms with E-state index in [4.69, 9.17) is 46.4 Å². The van der Waals surface area contributed by atoms with Crippen molar-refractivity contribution in [3.63, 3.8) is 0 Å². The van der Waals surface area contributed by atoms with Gasteiger partial charge in [0.15, 0.2) is 4.75 Å². The van der Waals surface area contributed by atoms with Gasteiger partial charge in [0.1, 0.15) is 11.5 Å². The zero-order chi connectivity index (χ0) is 21.6. The van der Waals surface area contributed by atoms with Crippen molar-refractivity contribution < 1.29 is 23.2 Å². The first-order chi connectivity index (χ1) is 13.5. The van der Waals surface area contributed by atoms with Crippen LogP contribution in [-0.2, 0) is 14.9 Å². The molecule has 5 nitrogen and oxygen atoms in total. The minimum absolute atomic E-state index is 0.00142. The van der Waals surface area contributed by atoms with Crippen LogP contribution in [0.5, 0.6) is 11.5 Å². The quantitative estimate of drug-likeness (QED) is 0.311. The molecular formula is C19H12Cl4O5S. The summed E-state index contributed by atoms with van der Waals surface area (Å²) < 4.78 is 33.9. The summed E-state index contributed by atoms with van der Waals surface area (Å²) in [5, 5.41) is 20.9. The van der Waals surface area contributed by atoms with Gasteiger partial charge in [-0.3, -0.25) is 4.55 Å². The highest BCUT2D eigenvalue weighted by Crippen LogP contribution is 2.49. The zero-order valence-electron chi connectivity index (χ0n) is 14.3. The number of halogens is 4. The minimum atomic E-state index is -5.06. The Balaban J connectivity index is 2.58. The van der Waals surface area contributed by atoms with E-state index in [0.717, 1.165) is 18.2 Å². The van der Waals surface area contributed by atoms with Crippen LogP contribution in [0.1, 0.15) is 16.7 Å². The third kappa shape index (κ3) is 3.89. The molecule has 0 spiro atoms. The Bertz CT molecular complexity index is 1180. The lowest BCUT2D eigenvalue weighted by atomic mass is 9.83. The van der Waals surface area contributed by atoms with Crippen LogP contribution < -0.4 is 0 Å². The van der Waals surface area contributed by atoms with Crippen molar-refractivity contribution in [2.75, 3.05) is 0 Å². The molecule has 0 aliphatic rings. The van der Waals surface area contributed by atoms with E-state index in [2.05, 4.69) is 0 Å². The maximum atomic E-state index is 12.9. The first kappa shape index (κ1) is 22.0. The fourth-order valence-corrected chi connectivity index (χ4v) is 5.16. The normalized spacial score (nSPS) is 13.8. The Hall–Kier alpha value is -1.67. The number of benzene rings is 3. The highest BCUT2D eigenvalue weighted by molar-refractivity contribution is 7.87. The summed E-state index contributed by atoms with van der Waals surface area (Å²) in [4.78, 5) is 0. The molecule has 3 aromatic carbocycles. The smallest absolute Gasteiger partial charge is 0.283 e. The van der Waals surface area contributed by atoms with Crippen molar-refractivity contribution in [2.24, 2.45) is 0 Å². The topological polar surface area (TPSA) is 94.8 Å². The zero-order valence-corrected chi connectivity index (χ0v) is 18.1. The van der Waals surface area contributed by atoms with Crippen LogP contribution in [0.3, 0.4) is 0 Å². The second-order valence-corrected chi connectivity index (χ2v) is 9.39. The van der Waals surface area contributed by atoms with Gasteiger partial charge in [-0.05, 0) is 47.5 Å². The van der Waals surface area contributed by atoms with Gasteiger partial charge in [-0.15, -0.1) is 0 Å². The van der Waals surface area contributed by atoms with Crippen LogP contribution in [0.2, 0.25) is 20.1 Å². The van der Waals surface area contributed by atoms with Crippen LogP contribution >= 0.6 is 46.4 Å². The molecule has 152 valence electrons. The number of phenols is 2. The summed E-state index contributed by atoms with van der Waals surface area (Å²) >= 11 is 24.0. The average molecular weight is 494 g/mol. The monoisotopic (exact) mass is 492 g/mol. The Morgan fingerprint density at radius 1 is 0.724 bits per heavy atom. The Morgan fingerprint density at radius 2 is 1.31 bits per heavy atom. The molecule has 29 heavy (non-hydrogen) atoms. The number of hydrogen-bond donors (Lipinski definition) is 3. The molecule has 0 aliphatic heterocycles. The molecule has 0 radical (unpaired) electrons. The second kappa shape index (κ2) is 7.87. The van der Waals surface area contributed by atoms with E-state index in [1.54, 1.807) is 0 Å². The van der Waals surface area contributed by atoms with E-state index in [1.807, 2.05) is 0 Å². The van der Waals surface area contributed by atoms with Crippen molar-refractivity contribution in [1.29, 1.82) is 0 Å². The first-order valence-electron chi connectivity index (χ1n) is 7.88. The van der Waals surface area contributed by atoms with E-state index < -0.39 is 20.6 Å². The molecule has 1 atom stereocenters. The van der Waals surface area contributed by atoms with Crippen LogP contribution in [0.15, 0.2) is 54.6 Å². The van der Waals surface area contributed by atoms with Crippen molar-refractivity contribution in [1.82, 2.24) is 0 Å². The van der Waals surface area contributed by atoms with Gasteiger partial charge in [0.25, 0.3) is 10.1 Å². The van der Waals surface area contributed by atoms with Gasteiger partial charge in [0, 0.05) is 21.7 Å². The largest absolute Gasteiger partial charge is 0.508 e. The van der Waals surface area contributed by atoms with Gasteiger partial charge in [-0.25, -0.2) is 0 Å². The summed E-state index contributed by atoms with van der Waals surface area (Å²) in [6, 6.07) is 11.3. The summed E-state index contributed by atoms with van der Waals surface area (Å²) in [5.41, 5.74) is -0.417. The van der Waals surface area contributed by atoms with E-state index in [1.165, 1.54) is 36.4 Å². The minimum Gasteiger partial charge on any atom is -0.508 e. The fraction of sp³-hybridized carbons (Fsp3) is 0.0526. The number of phenolic OH excluding ortho intramolecular Hbond substituents is 2. The molecule has 0 bridgehead atoms. The third-order valence-corrected chi connectivity index (χ3v) is 7.00. The maximum Gasteiger partial charge on any atom is 0.283 e. The average Bonchev–Trinajstić information content (AvgIpc) is 2.59. The van der Waals surface area contributed by atoms with Crippen LogP contribution in [-0.4, -0.2) is 23.2 Å². The molecule has 0 saturated heterocycles. The van der Waals surface area contributed by atoms with E-state index in [-0.39, 0.29) is 37.5 Å². The molecule has 3 N–H and O–H groups in total. The summed E-state index contributed by atoms with van der Waals surface area (Å²) in [6.45, 7) is 0. The lowest BCUT2D eigenvalue weighted by molar-refractivity contribution is 0.439. The third-order valence-electron chi connectivity index (χ3n) is 4.34. The molecule has 3 aromatic rings. The molecule has 0 fully saturated rings. The molecule has 1 unspecified atom stereocenters. The summed E-state index contributed by atoms with van der Waals surface area (Å²) in [5.74, 6) is -0.902. The van der Waals surface area contributed by atoms with E-state index in [0.29, 0.717) is 5.02 Å². The maximum absolute atomic E-state index is 12.9. The standard InChI is InChI=1S/C19H12Cl4O5S/c20-12-3-1-10(2-4-12)19(29(26,27)28,11-5-13(21)7-14(24)6-11)15-8-16(22)17(23)9-18(15)25/h1-9,24-25H,(H,26,27,28). The van der Waals surface area contributed by atoms with Crippen LogP contribution in [0.25, 0.3) is 0 Å². The summed E-state index contributed by atoms with van der Waals surface area (Å²) in [6.07, 6.45) is 0. The van der Waals surface area contributed by atoms with Gasteiger partial charge < -0.3 is 10.2 Å². The Kier molecular flexibility index (Phi) is 5.98. The molecule has 0 aliphatic carbocycles. The van der Waals surface area contributed by atoms with Gasteiger partial charge in [0.2, 0.25) is 0 Å². The van der Waals surface area contributed by atoms with Gasteiger partial charge in [-0.2, -0.15) is 8.42 Å². The van der Waals surface area contributed by atoms with Crippen molar-refractivity contribution in [3.8, 4) is 11.5 Å². The predicted molar refractivity (Wildman–Crippen MR) is 114 cm³/mol. The van der Waals surface area contributed by atoms with Crippen LogP contribution in [0.4, 0.5) is 0 Å². The lowest BCUT2D eigenvalue weighted by Crippen LogP contribution is -2.38. The molecule has 0 heterocycles. The summed E-state index contributed by atoms with van der Waals surface area (Å²) in [7, 11) is -5.06. The van der Waals surface area contributed by atoms with Crippen LogP contribution in [0, 0.1) is 0 Å². The second-order valence-electron chi connectivity index (χ2n) is 6.14. The van der Waals surface area contributed by atoms with Gasteiger partial charge in [0.05, 0.1) is 10.0 Å². The van der Waals surface area contributed by atoms with Crippen molar-refractivity contribution >= 4 is 56.5 Å². The molecule has 0 amide bonds. The SMILES string of the molecule is O=S(=O)(O)C(c1ccc(Cl)cc1)(c1cc(O)cc(Cl)c1)c1cc(Cl)c(Cl)cc1O. The van der Waals surface area contributed by atoms with E-state index in [9.17, 15) is 23.2 Å². The van der Waals surface area contributed by atoms with Gasteiger partial charge >= 0.3 is 0 Å². The molecule has 10 heteroatoms. The van der Waals surface area contributed by atoms with Gasteiger partial charge in [-0.1, -0.05) is 58.5 Å². The number of hydrogen-bond acceptors (Lipinski definition) is 4. The predicted octanol–water partition coefficient (Wildman–Crippen LogP) is 5.89. The molecule has 0 aromatic heterocycles. The molecular weight excluding hydrogens is 482 g/mol. The highest BCUT2D eigenvalue weighted by Gasteiger charge is 2.50. The Morgan fingerprint density at radius 3 is 1.86 bits per heavy atom. The number of rotatable bonds is 4. The van der Waals surface area contributed by atoms with Crippen molar-refractivity contribution in [3.05, 3.63) is 91.4 Å². The molecule has 0 saturated carbocycles. The Labute approximate surface area is 186 Å². The van der Waals surface area contributed by atoms with E-state index >= 15 is 0 Å². The fourth-order valence-electron chi connectivity index (χ4n) is 3.19. The lowest BCUT2D eigenvalue weighted by Gasteiger charge is -2.33. The number of aromatic hydroxyl groups is 2. The first-order valence-corrected chi connectivity index (χ1v) is 10.8.